The zero-order valence-corrected chi connectivity index (χ0v) is 13.4. The van der Waals surface area contributed by atoms with Crippen LogP contribution in [0.4, 0.5) is 5.69 Å². The van der Waals surface area contributed by atoms with E-state index in [1.54, 1.807) is 0 Å². The number of aromatic carboxylic acids is 1. The van der Waals surface area contributed by atoms with Crippen LogP contribution in [0.5, 0.6) is 5.75 Å². The van der Waals surface area contributed by atoms with Crippen molar-refractivity contribution in [3.63, 3.8) is 0 Å². The van der Waals surface area contributed by atoms with E-state index < -0.39 is 11.7 Å². The van der Waals surface area contributed by atoms with Gasteiger partial charge in [-0.15, -0.1) is 17.5 Å². The molecule has 0 heterocycles. The predicted octanol–water partition coefficient (Wildman–Crippen LogP) is 2.64. The molecule has 0 aliphatic carbocycles. The zero-order valence-electron chi connectivity index (χ0n) is 12.5. The number of benzene rings is 2. The Morgan fingerprint density at radius 1 is 1.22 bits per heavy atom. The highest BCUT2D eigenvalue weighted by Gasteiger charge is 2.12. The molecule has 120 valence electrons. The molecule has 0 radical (unpaired) electrons. The second kappa shape index (κ2) is 7.69. The Bertz CT molecular complexity index is 730. The first-order chi connectivity index (χ1) is 11.0. The number of aryl methyl sites for hydroxylation is 1. The molecule has 0 unspecified atom stereocenters. The second-order valence-electron chi connectivity index (χ2n) is 4.98. The van der Waals surface area contributed by atoms with Gasteiger partial charge in [-0.05, 0) is 24.1 Å². The van der Waals surface area contributed by atoms with Crippen LogP contribution in [0.2, 0.25) is 0 Å². The topological polar surface area (TPSA) is 89.5 Å². The number of rotatable bonds is 6. The molecule has 5 nitrogen and oxygen atoms in total. The molecule has 0 saturated heterocycles. The number of hydrogen-bond donors (Lipinski definition) is 2. The van der Waals surface area contributed by atoms with Crippen molar-refractivity contribution < 1.29 is 19.8 Å². The van der Waals surface area contributed by atoms with Crippen molar-refractivity contribution in [2.45, 2.75) is 12.7 Å². The zero-order chi connectivity index (χ0) is 16.8. The quantitative estimate of drug-likeness (QED) is 0.850. The number of carbonyl (C=O) groups excluding carboxylic acids is 1. The minimum atomic E-state index is -1.24. The van der Waals surface area contributed by atoms with Crippen LogP contribution in [-0.2, 0) is 10.5 Å². The van der Waals surface area contributed by atoms with Crippen molar-refractivity contribution in [2.24, 2.45) is 0 Å². The lowest BCUT2D eigenvalue weighted by Crippen LogP contribution is -2.17. The normalized spacial score (nSPS) is 10.3. The van der Waals surface area contributed by atoms with Crippen molar-refractivity contribution in [1.29, 1.82) is 0 Å². The molecule has 0 saturated carbocycles. The van der Waals surface area contributed by atoms with Crippen LogP contribution in [0, 0.1) is 6.92 Å². The highest BCUT2D eigenvalue weighted by Crippen LogP contribution is 2.21. The first-order valence-corrected chi connectivity index (χ1v) is 8.09. The molecule has 0 bridgehead atoms. The average molecular weight is 330 g/mol. The lowest BCUT2D eigenvalue weighted by molar-refractivity contribution is -0.268. The van der Waals surface area contributed by atoms with Crippen LogP contribution in [0.3, 0.4) is 0 Å². The van der Waals surface area contributed by atoms with Gasteiger partial charge < -0.3 is 15.5 Å². The molecule has 0 atom stereocenters. The Hall–Kier alpha value is -2.47. The van der Waals surface area contributed by atoms with Gasteiger partial charge in [-0.25, -0.2) is 4.79 Å². The van der Waals surface area contributed by atoms with Crippen LogP contribution >= 0.6 is 11.8 Å². The molecule has 2 rings (SSSR count). The third-order valence-electron chi connectivity index (χ3n) is 3.25. The molecule has 0 aliphatic rings. The Labute approximate surface area is 138 Å². The van der Waals surface area contributed by atoms with E-state index in [2.05, 4.69) is 5.32 Å². The third-order valence-corrected chi connectivity index (χ3v) is 4.23. The first-order valence-electron chi connectivity index (χ1n) is 6.94. The lowest BCUT2D eigenvalue weighted by atomic mass is 10.1. The number of hydrogen-bond acceptors (Lipinski definition) is 4. The predicted molar refractivity (Wildman–Crippen MR) is 88.8 cm³/mol. The van der Waals surface area contributed by atoms with Gasteiger partial charge in [0, 0.05) is 5.75 Å². The van der Waals surface area contributed by atoms with E-state index in [0.717, 1.165) is 11.6 Å². The van der Waals surface area contributed by atoms with Gasteiger partial charge in [0.25, 0.3) is 0 Å². The van der Waals surface area contributed by atoms with Crippen LogP contribution in [0.1, 0.15) is 21.5 Å². The fraction of sp³-hybridized carbons (Fsp3) is 0.176. The van der Waals surface area contributed by atoms with Crippen molar-refractivity contribution in [1.82, 2.24) is 0 Å². The molecule has 2 aromatic rings. The van der Waals surface area contributed by atoms with E-state index in [0.29, 0.717) is 5.75 Å². The smallest absolute Gasteiger partial charge is 0.337 e. The fourth-order valence-corrected chi connectivity index (χ4v) is 2.92. The number of amides is 1. The van der Waals surface area contributed by atoms with E-state index in [1.807, 2.05) is 31.2 Å². The number of nitrogens with one attached hydrogen (secondary N) is 1. The summed E-state index contributed by atoms with van der Waals surface area (Å²) in [7, 11) is 0. The number of anilines is 1. The summed E-state index contributed by atoms with van der Waals surface area (Å²) in [6, 6.07) is 11.5. The summed E-state index contributed by atoms with van der Waals surface area (Å²) in [4.78, 5) is 23.0. The van der Waals surface area contributed by atoms with Crippen LogP contribution in [0.15, 0.2) is 42.5 Å². The third kappa shape index (κ3) is 4.75. The molecule has 0 spiro atoms. The molecule has 6 heteroatoms. The summed E-state index contributed by atoms with van der Waals surface area (Å²) < 4.78 is 0. The molecule has 2 N–H and O–H groups in total. The molecule has 2 aromatic carbocycles. The maximum absolute atomic E-state index is 11.9. The van der Waals surface area contributed by atoms with Crippen LogP contribution in [-0.4, -0.2) is 22.7 Å². The highest BCUT2D eigenvalue weighted by molar-refractivity contribution is 7.99. The maximum Gasteiger partial charge on any atom is 0.337 e. The van der Waals surface area contributed by atoms with Gasteiger partial charge in [-0.2, -0.15) is 0 Å². The van der Waals surface area contributed by atoms with E-state index in [4.69, 9.17) is 5.11 Å². The summed E-state index contributed by atoms with van der Waals surface area (Å²) in [5.41, 5.74) is 2.26. The highest BCUT2D eigenvalue weighted by atomic mass is 32.2. The molecule has 1 amide bonds. The summed E-state index contributed by atoms with van der Waals surface area (Å²) in [6.07, 6.45) is 0. The molecule has 0 fully saturated rings. The van der Waals surface area contributed by atoms with E-state index in [9.17, 15) is 14.7 Å². The van der Waals surface area contributed by atoms with Crippen LogP contribution in [0.25, 0.3) is 0 Å². The van der Waals surface area contributed by atoms with Gasteiger partial charge >= 0.3 is 5.97 Å². The van der Waals surface area contributed by atoms with E-state index >= 15 is 0 Å². The summed E-state index contributed by atoms with van der Waals surface area (Å²) >= 11 is 1.44. The minimum absolute atomic E-state index is 0.138. The SMILES string of the molecule is Cc1ccccc1CSCC(=O)Nc1ccc([O-])cc1C(=O)O. The van der Waals surface area contributed by atoms with Gasteiger partial charge in [0.05, 0.1) is 17.0 Å². The van der Waals surface area contributed by atoms with Gasteiger partial charge in [0.1, 0.15) is 0 Å². The van der Waals surface area contributed by atoms with Gasteiger partial charge in [0.2, 0.25) is 5.91 Å². The molecular weight excluding hydrogens is 314 g/mol. The second-order valence-corrected chi connectivity index (χ2v) is 5.97. The van der Waals surface area contributed by atoms with Crippen molar-refractivity contribution in [3.8, 4) is 5.75 Å². The van der Waals surface area contributed by atoms with E-state index in [1.165, 1.54) is 29.5 Å². The van der Waals surface area contributed by atoms with Crippen molar-refractivity contribution in [2.75, 3.05) is 11.1 Å². The summed E-state index contributed by atoms with van der Waals surface area (Å²) in [6.45, 7) is 2.01. The Balaban J connectivity index is 1.93. The first kappa shape index (κ1) is 16.9. The largest absolute Gasteiger partial charge is 0.872 e. The van der Waals surface area contributed by atoms with Gasteiger partial charge in [-0.1, -0.05) is 36.4 Å². The maximum atomic E-state index is 11.9. The number of thioether (sulfide) groups is 1. The Morgan fingerprint density at radius 3 is 2.65 bits per heavy atom. The molecule has 0 aliphatic heterocycles. The Morgan fingerprint density at radius 2 is 1.96 bits per heavy atom. The van der Waals surface area contributed by atoms with Crippen LogP contribution < -0.4 is 10.4 Å². The molecule has 23 heavy (non-hydrogen) atoms. The standard InChI is InChI=1S/C17H17NO4S/c1-11-4-2-3-5-12(11)9-23-10-16(20)18-15-7-6-13(19)8-14(15)17(21)22/h2-8,19H,9-10H2,1H3,(H,18,20)(H,21,22)/p-1. The number of carboxylic acids is 1. The fourth-order valence-electron chi connectivity index (χ4n) is 2.02. The van der Waals surface area contributed by atoms with Crippen molar-refractivity contribution >= 4 is 29.3 Å². The summed E-state index contributed by atoms with van der Waals surface area (Å²) in [5, 5.41) is 22.8. The molecule has 0 aromatic heterocycles. The monoisotopic (exact) mass is 330 g/mol. The van der Waals surface area contributed by atoms with Crippen molar-refractivity contribution in [3.05, 3.63) is 59.2 Å². The molecular formula is C17H16NO4S-. The minimum Gasteiger partial charge on any atom is -0.872 e. The number of carbonyl (C=O) groups is 2. The average Bonchev–Trinajstić information content (AvgIpc) is 2.51. The summed E-state index contributed by atoms with van der Waals surface area (Å²) in [5.74, 6) is -1.05. The van der Waals surface area contributed by atoms with Gasteiger partial charge in [-0.3, -0.25) is 4.79 Å². The number of carboxylic acid groups (broad SMARTS) is 1. The van der Waals surface area contributed by atoms with E-state index in [-0.39, 0.29) is 22.9 Å². The van der Waals surface area contributed by atoms with Gasteiger partial charge in [0.15, 0.2) is 0 Å². The lowest BCUT2D eigenvalue weighted by Gasteiger charge is -2.12. The Kier molecular flexibility index (Phi) is 5.65.